The smallest absolute Gasteiger partial charge is 0.0951 e. The van der Waals surface area contributed by atoms with Crippen LogP contribution in [0.2, 0.25) is 0 Å². The molecule has 1 aliphatic heterocycles. The van der Waals surface area contributed by atoms with Crippen LogP contribution in [0, 0.1) is 0 Å². The van der Waals surface area contributed by atoms with E-state index >= 15 is 0 Å². The Morgan fingerprint density at radius 1 is 1.55 bits per heavy atom. The average molecular weight is 182 g/mol. The highest BCUT2D eigenvalue weighted by Gasteiger charge is 2.36. The van der Waals surface area contributed by atoms with E-state index in [0.717, 1.165) is 26.1 Å². The Balaban J connectivity index is 0.000001000. The highest BCUT2D eigenvalue weighted by molar-refractivity contribution is 5.85. The van der Waals surface area contributed by atoms with Gasteiger partial charge in [-0.1, -0.05) is 0 Å². The Bertz CT molecular complexity index is 98.6. The quantitative estimate of drug-likeness (QED) is 0.650. The lowest BCUT2D eigenvalue weighted by molar-refractivity contribution is -0.0878. The van der Waals surface area contributed by atoms with Gasteiger partial charge in [-0.25, -0.2) is 0 Å². The number of aliphatic hydroxyl groups is 1. The van der Waals surface area contributed by atoms with Gasteiger partial charge < -0.3 is 15.2 Å². The van der Waals surface area contributed by atoms with Crippen molar-refractivity contribution in [1.29, 1.82) is 0 Å². The van der Waals surface area contributed by atoms with E-state index in [-0.39, 0.29) is 24.6 Å². The van der Waals surface area contributed by atoms with E-state index in [1.165, 1.54) is 0 Å². The molecule has 0 aliphatic carbocycles. The summed E-state index contributed by atoms with van der Waals surface area (Å²) < 4.78 is 5.48. The second-order valence-corrected chi connectivity index (χ2v) is 2.69. The molecule has 0 unspecified atom stereocenters. The molecular weight excluding hydrogens is 166 g/mol. The van der Waals surface area contributed by atoms with E-state index < -0.39 is 0 Å². The first-order valence-corrected chi connectivity index (χ1v) is 3.78. The standard InChI is InChI=1S/C7H15NO2.ClH/c1-2-10-7(3-4-9)5-8-6-7;/h8-9H,2-6H2,1H3;1H. The first-order chi connectivity index (χ1) is 4.83. The van der Waals surface area contributed by atoms with Gasteiger partial charge in [0.2, 0.25) is 0 Å². The maximum atomic E-state index is 8.69. The van der Waals surface area contributed by atoms with Crippen LogP contribution in [0.1, 0.15) is 13.3 Å². The summed E-state index contributed by atoms with van der Waals surface area (Å²) in [5.74, 6) is 0. The summed E-state index contributed by atoms with van der Waals surface area (Å²) in [6.07, 6.45) is 0.758. The predicted molar refractivity (Wildman–Crippen MR) is 46.2 cm³/mol. The van der Waals surface area contributed by atoms with Gasteiger partial charge in [-0.05, 0) is 6.92 Å². The van der Waals surface area contributed by atoms with Crippen LogP contribution in [-0.4, -0.2) is 37.0 Å². The van der Waals surface area contributed by atoms with Gasteiger partial charge in [-0.3, -0.25) is 0 Å². The van der Waals surface area contributed by atoms with Crippen LogP contribution in [0.25, 0.3) is 0 Å². The van der Waals surface area contributed by atoms with Crippen LogP contribution in [-0.2, 0) is 4.74 Å². The van der Waals surface area contributed by atoms with Crippen molar-refractivity contribution in [2.75, 3.05) is 26.3 Å². The van der Waals surface area contributed by atoms with Crippen molar-refractivity contribution in [3.05, 3.63) is 0 Å². The van der Waals surface area contributed by atoms with Crippen LogP contribution in [0.5, 0.6) is 0 Å². The Morgan fingerprint density at radius 3 is 2.45 bits per heavy atom. The number of halogens is 1. The Morgan fingerprint density at radius 2 is 2.18 bits per heavy atom. The third kappa shape index (κ3) is 2.60. The van der Waals surface area contributed by atoms with Crippen molar-refractivity contribution in [3.63, 3.8) is 0 Å². The Hall–Kier alpha value is 0.170. The molecule has 0 saturated carbocycles. The maximum absolute atomic E-state index is 8.69. The van der Waals surface area contributed by atoms with Crippen LogP contribution in [0.4, 0.5) is 0 Å². The number of ether oxygens (including phenoxy) is 1. The molecule has 1 saturated heterocycles. The number of hydrogen-bond acceptors (Lipinski definition) is 3. The highest BCUT2D eigenvalue weighted by atomic mass is 35.5. The Kier molecular flexibility index (Phi) is 5.01. The summed E-state index contributed by atoms with van der Waals surface area (Å²) in [6, 6.07) is 0. The first-order valence-electron chi connectivity index (χ1n) is 3.78. The number of aliphatic hydroxyl groups excluding tert-OH is 1. The zero-order valence-electron chi connectivity index (χ0n) is 6.80. The van der Waals surface area contributed by atoms with Crippen LogP contribution < -0.4 is 5.32 Å². The van der Waals surface area contributed by atoms with Crippen molar-refractivity contribution in [3.8, 4) is 0 Å². The summed E-state index contributed by atoms with van der Waals surface area (Å²) in [5, 5.41) is 11.8. The number of rotatable bonds is 4. The number of nitrogens with one attached hydrogen (secondary N) is 1. The molecule has 0 bridgehead atoms. The van der Waals surface area contributed by atoms with Gasteiger partial charge in [0.1, 0.15) is 0 Å². The molecule has 1 fully saturated rings. The highest BCUT2D eigenvalue weighted by Crippen LogP contribution is 2.20. The molecule has 0 aromatic rings. The molecule has 1 aliphatic rings. The monoisotopic (exact) mass is 181 g/mol. The van der Waals surface area contributed by atoms with Gasteiger partial charge in [-0.15, -0.1) is 12.4 Å². The lowest BCUT2D eigenvalue weighted by Gasteiger charge is -2.41. The molecule has 1 heterocycles. The molecule has 0 aromatic heterocycles. The fraction of sp³-hybridized carbons (Fsp3) is 1.00. The molecule has 1 rings (SSSR count). The lowest BCUT2D eigenvalue weighted by atomic mass is 9.93. The zero-order valence-corrected chi connectivity index (χ0v) is 7.62. The van der Waals surface area contributed by atoms with Crippen molar-refractivity contribution in [2.45, 2.75) is 18.9 Å². The van der Waals surface area contributed by atoms with Crippen molar-refractivity contribution in [1.82, 2.24) is 5.32 Å². The second-order valence-electron chi connectivity index (χ2n) is 2.69. The van der Waals surface area contributed by atoms with E-state index in [1.54, 1.807) is 0 Å². The van der Waals surface area contributed by atoms with Crippen LogP contribution in [0.3, 0.4) is 0 Å². The SMILES string of the molecule is CCOC1(CCO)CNC1.Cl. The normalized spacial score (nSPS) is 20.2. The fourth-order valence-corrected chi connectivity index (χ4v) is 1.26. The summed E-state index contributed by atoms with van der Waals surface area (Å²) in [4.78, 5) is 0. The second kappa shape index (κ2) is 4.93. The minimum atomic E-state index is -0.0382. The molecular formula is C7H16ClNO2. The molecule has 4 heteroatoms. The molecule has 0 atom stereocenters. The van der Waals surface area contributed by atoms with E-state index in [4.69, 9.17) is 9.84 Å². The lowest BCUT2D eigenvalue weighted by Crippen LogP contribution is -2.61. The summed E-state index contributed by atoms with van der Waals surface area (Å²) >= 11 is 0. The predicted octanol–water partition coefficient (Wildman–Crippen LogP) is 0.169. The van der Waals surface area contributed by atoms with E-state index in [1.807, 2.05) is 6.92 Å². The third-order valence-electron chi connectivity index (χ3n) is 1.91. The van der Waals surface area contributed by atoms with Gasteiger partial charge in [0.15, 0.2) is 0 Å². The topological polar surface area (TPSA) is 41.5 Å². The van der Waals surface area contributed by atoms with E-state index in [9.17, 15) is 0 Å². The van der Waals surface area contributed by atoms with Gasteiger partial charge in [-0.2, -0.15) is 0 Å². The maximum Gasteiger partial charge on any atom is 0.0951 e. The zero-order chi connectivity index (χ0) is 7.45. The molecule has 0 amide bonds. The van der Waals surface area contributed by atoms with Crippen molar-refractivity contribution in [2.24, 2.45) is 0 Å². The van der Waals surface area contributed by atoms with Crippen LogP contribution in [0.15, 0.2) is 0 Å². The first kappa shape index (κ1) is 11.2. The molecule has 11 heavy (non-hydrogen) atoms. The van der Waals surface area contributed by atoms with Gasteiger partial charge in [0, 0.05) is 32.7 Å². The molecule has 0 radical (unpaired) electrons. The fourth-order valence-electron chi connectivity index (χ4n) is 1.26. The van der Waals surface area contributed by atoms with Gasteiger partial charge in [0.05, 0.1) is 5.60 Å². The number of hydrogen-bond donors (Lipinski definition) is 2. The van der Waals surface area contributed by atoms with Crippen molar-refractivity contribution < 1.29 is 9.84 Å². The van der Waals surface area contributed by atoms with Gasteiger partial charge >= 0.3 is 0 Å². The average Bonchev–Trinajstić information content (AvgIpc) is 1.84. The van der Waals surface area contributed by atoms with Crippen LogP contribution >= 0.6 is 12.4 Å². The molecule has 68 valence electrons. The molecule has 0 spiro atoms. The molecule has 3 nitrogen and oxygen atoms in total. The minimum absolute atomic E-state index is 0. The van der Waals surface area contributed by atoms with E-state index in [2.05, 4.69) is 5.32 Å². The summed E-state index contributed by atoms with van der Waals surface area (Å²) in [7, 11) is 0. The van der Waals surface area contributed by atoms with E-state index in [0.29, 0.717) is 0 Å². The minimum Gasteiger partial charge on any atom is -0.396 e. The molecule has 2 N–H and O–H groups in total. The third-order valence-corrected chi connectivity index (χ3v) is 1.91. The molecule has 0 aromatic carbocycles. The largest absolute Gasteiger partial charge is 0.396 e. The Labute approximate surface area is 73.5 Å². The van der Waals surface area contributed by atoms with Gasteiger partial charge in [0.25, 0.3) is 0 Å². The van der Waals surface area contributed by atoms with Crippen molar-refractivity contribution >= 4 is 12.4 Å². The summed E-state index contributed by atoms with van der Waals surface area (Å²) in [5.41, 5.74) is -0.0382. The summed E-state index contributed by atoms with van der Waals surface area (Å²) in [6.45, 7) is 4.73.